The molecule has 2 aliphatic rings. The van der Waals surface area contributed by atoms with Gasteiger partial charge in [0.25, 0.3) is 0 Å². The SMILES string of the molecule is Cc1nc(-c2c(F)cc(-c3c(C(F)(F)F)ccc4c3CC[C@H]4Oc3ccc4c(c3)OCC4CC(=O)O)cc2F)no1. The van der Waals surface area contributed by atoms with Crippen LogP contribution in [0.3, 0.4) is 0 Å². The van der Waals surface area contributed by atoms with Crippen LogP contribution in [0.15, 0.2) is 47.0 Å². The van der Waals surface area contributed by atoms with E-state index in [9.17, 15) is 18.0 Å². The molecule has 212 valence electrons. The first-order chi connectivity index (χ1) is 19.5. The molecule has 0 fully saturated rings. The number of aromatic nitrogens is 2. The van der Waals surface area contributed by atoms with Crippen molar-refractivity contribution < 1.29 is 45.8 Å². The molecule has 7 nitrogen and oxygen atoms in total. The molecule has 41 heavy (non-hydrogen) atoms. The lowest BCUT2D eigenvalue weighted by molar-refractivity contribution is -0.138. The van der Waals surface area contributed by atoms with E-state index in [1.165, 1.54) is 13.0 Å². The fraction of sp³-hybridized carbons (Fsp3) is 0.276. The standard InChI is InChI=1S/C29H21F5N2O5/c1-13-35-28(36-41-13)27-21(30)8-14(9-22(27)31)26-19-5-7-23(18(19)4-6-20(26)29(32,33)34)40-16-2-3-17-15(10-25(37)38)12-39-24(17)11-16/h2-4,6,8-9,11,15,23H,5,7,10,12H2,1H3,(H,37,38)/t15?,23-/m1/s1. The number of nitrogens with zero attached hydrogens (tertiary/aromatic N) is 2. The molecule has 0 spiro atoms. The van der Waals surface area contributed by atoms with Crippen molar-refractivity contribution in [3.8, 4) is 34.0 Å². The maximum absolute atomic E-state index is 15.1. The van der Waals surface area contributed by atoms with Crippen molar-refractivity contribution in [2.24, 2.45) is 0 Å². The van der Waals surface area contributed by atoms with Crippen molar-refractivity contribution in [2.45, 2.75) is 44.4 Å². The average Bonchev–Trinajstić information content (AvgIpc) is 3.61. The Morgan fingerprint density at radius 2 is 1.80 bits per heavy atom. The van der Waals surface area contributed by atoms with Gasteiger partial charge in [-0.15, -0.1) is 0 Å². The van der Waals surface area contributed by atoms with Crippen LogP contribution in [0, 0.1) is 18.6 Å². The molecule has 1 unspecified atom stereocenters. The van der Waals surface area contributed by atoms with E-state index in [0.29, 0.717) is 23.5 Å². The zero-order valence-electron chi connectivity index (χ0n) is 21.4. The number of halogens is 5. The molecule has 3 aromatic carbocycles. The van der Waals surface area contributed by atoms with Gasteiger partial charge in [-0.3, -0.25) is 4.79 Å². The molecular formula is C29H21F5N2O5. The third-order valence-corrected chi connectivity index (χ3v) is 7.30. The van der Waals surface area contributed by atoms with E-state index in [1.807, 2.05) is 0 Å². The van der Waals surface area contributed by atoms with Crippen LogP contribution in [-0.4, -0.2) is 27.8 Å². The molecule has 12 heteroatoms. The number of aliphatic carboxylic acids is 1. The zero-order valence-corrected chi connectivity index (χ0v) is 21.4. The number of hydrogen-bond donors (Lipinski definition) is 1. The lowest BCUT2D eigenvalue weighted by Crippen LogP contribution is -2.11. The summed E-state index contributed by atoms with van der Waals surface area (Å²) in [5.74, 6) is -2.87. The molecule has 0 saturated heterocycles. The number of aryl methyl sites for hydroxylation is 1. The van der Waals surface area contributed by atoms with Crippen LogP contribution in [0.5, 0.6) is 11.5 Å². The number of carbonyl (C=O) groups is 1. The maximum Gasteiger partial charge on any atom is 0.417 e. The van der Waals surface area contributed by atoms with Crippen LogP contribution < -0.4 is 9.47 Å². The highest BCUT2D eigenvalue weighted by Crippen LogP contribution is 2.47. The van der Waals surface area contributed by atoms with Crippen LogP contribution in [0.2, 0.25) is 0 Å². The Hall–Kier alpha value is -4.48. The van der Waals surface area contributed by atoms with Gasteiger partial charge in [-0.25, -0.2) is 8.78 Å². The third kappa shape index (κ3) is 4.87. The number of rotatable bonds is 6. The highest BCUT2D eigenvalue weighted by molar-refractivity contribution is 5.76. The van der Waals surface area contributed by atoms with Crippen LogP contribution in [0.4, 0.5) is 22.0 Å². The van der Waals surface area contributed by atoms with E-state index in [1.54, 1.807) is 18.2 Å². The smallest absolute Gasteiger partial charge is 0.417 e. The number of alkyl halides is 3. The summed E-state index contributed by atoms with van der Waals surface area (Å²) < 4.78 is 89.2. The Labute approximate surface area is 229 Å². The van der Waals surface area contributed by atoms with Crippen molar-refractivity contribution in [3.05, 3.63) is 82.2 Å². The van der Waals surface area contributed by atoms with Gasteiger partial charge < -0.3 is 19.1 Å². The number of benzene rings is 3. The molecule has 0 bridgehead atoms. The second-order valence-electron chi connectivity index (χ2n) is 9.96. The number of ether oxygens (including phenoxy) is 2. The van der Waals surface area contributed by atoms with Gasteiger partial charge in [-0.2, -0.15) is 18.2 Å². The van der Waals surface area contributed by atoms with Gasteiger partial charge in [0, 0.05) is 24.5 Å². The molecule has 1 aliphatic heterocycles. The Bertz CT molecular complexity index is 1660. The van der Waals surface area contributed by atoms with Gasteiger partial charge in [-0.05, 0) is 59.4 Å². The van der Waals surface area contributed by atoms with Crippen molar-refractivity contribution >= 4 is 5.97 Å². The fourth-order valence-corrected chi connectivity index (χ4v) is 5.56. The van der Waals surface area contributed by atoms with E-state index < -0.39 is 41.0 Å². The summed E-state index contributed by atoms with van der Waals surface area (Å²) in [5.41, 5.74) is -0.714. The lowest BCUT2D eigenvalue weighted by Gasteiger charge is -2.20. The molecule has 4 aromatic rings. The van der Waals surface area contributed by atoms with Gasteiger partial charge >= 0.3 is 12.1 Å². The van der Waals surface area contributed by atoms with Gasteiger partial charge in [0.2, 0.25) is 11.7 Å². The number of carboxylic acid groups (broad SMARTS) is 1. The van der Waals surface area contributed by atoms with E-state index in [0.717, 1.165) is 23.8 Å². The second kappa shape index (κ2) is 9.86. The highest BCUT2D eigenvalue weighted by Gasteiger charge is 2.39. The quantitative estimate of drug-likeness (QED) is 0.248. The van der Waals surface area contributed by atoms with Crippen LogP contribution in [0.1, 0.15) is 53.0 Å². The Balaban J connectivity index is 1.36. The molecule has 2 atom stereocenters. The van der Waals surface area contributed by atoms with Crippen LogP contribution in [-0.2, 0) is 17.4 Å². The van der Waals surface area contributed by atoms with E-state index >= 15 is 8.78 Å². The largest absolute Gasteiger partial charge is 0.492 e. The Kier molecular flexibility index (Phi) is 6.43. The minimum atomic E-state index is -4.79. The van der Waals surface area contributed by atoms with E-state index in [-0.39, 0.29) is 53.8 Å². The molecule has 0 amide bonds. The lowest BCUT2D eigenvalue weighted by atomic mass is 9.90. The first-order valence-corrected chi connectivity index (χ1v) is 12.7. The summed E-state index contributed by atoms with van der Waals surface area (Å²) >= 11 is 0. The molecule has 2 heterocycles. The van der Waals surface area contributed by atoms with Gasteiger partial charge in [0.05, 0.1) is 24.2 Å². The number of hydrogen-bond acceptors (Lipinski definition) is 6. The maximum atomic E-state index is 15.1. The summed E-state index contributed by atoms with van der Waals surface area (Å²) in [4.78, 5) is 14.9. The first kappa shape index (κ1) is 26.7. The predicted molar refractivity (Wildman–Crippen MR) is 133 cm³/mol. The Morgan fingerprint density at radius 3 is 2.46 bits per heavy atom. The van der Waals surface area contributed by atoms with Crippen LogP contribution >= 0.6 is 0 Å². The summed E-state index contributed by atoms with van der Waals surface area (Å²) in [6.07, 6.45) is -4.99. The monoisotopic (exact) mass is 572 g/mol. The summed E-state index contributed by atoms with van der Waals surface area (Å²) in [7, 11) is 0. The van der Waals surface area contributed by atoms with Crippen molar-refractivity contribution in [1.29, 1.82) is 0 Å². The van der Waals surface area contributed by atoms with E-state index in [2.05, 4.69) is 10.1 Å². The fourth-order valence-electron chi connectivity index (χ4n) is 5.56. The van der Waals surface area contributed by atoms with Gasteiger partial charge in [-0.1, -0.05) is 17.3 Å². The molecule has 1 aromatic heterocycles. The van der Waals surface area contributed by atoms with Crippen molar-refractivity contribution in [1.82, 2.24) is 10.1 Å². The minimum Gasteiger partial charge on any atom is -0.492 e. The molecule has 0 radical (unpaired) electrons. The normalized spacial score (nSPS) is 17.7. The van der Waals surface area contributed by atoms with Crippen LogP contribution in [0.25, 0.3) is 22.5 Å². The first-order valence-electron chi connectivity index (χ1n) is 12.7. The molecule has 6 rings (SSSR count). The number of fused-ring (bicyclic) bond motifs is 2. The molecular weight excluding hydrogens is 551 g/mol. The average molecular weight is 572 g/mol. The van der Waals surface area contributed by atoms with Gasteiger partial charge in [0.15, 0.2) is 0 Å². The Morgan fingerprint density at radius 1 is 1.07 bits per heavy atom. The highest BCUT2D eigenvalue weighted by atomic mass is 19.4. The predicted octanol–water partition coefficient (Wildman–Crippen LogP) is 7.03. The number of carboxylic acids is 1. The minimum absolute atomic E-state index is 0.0733. The topological polar surface area (TPSA) is 94.7 Å². The summed E-state index contributed by atoms with van der Waals surface area (Å²) in [5, 5.41) is 12.6. The zero-order chi connectivity index (χ0) is 29.1. The molecule has 0 saturated carbocycles. The summed E-state index contributed by atoms with van der Waals surface area (Å²) in [6.45, 7) is 1.66. The van der Waals surface area contributed by atoms with Crippen molar-refractivity contribution in [2.75, 3.05) is 6.61 Å². The second-order valence-corrected chi connectivity index (χ2v) is 9.96. The third-order valence-electron chi connectivity index (χ3n) is 7.30. The molecule has 1 N–H and O–H groups in total. The molecule has 1 aliphatic carbocycles. The van der Waals surface area contributed by atoms with Gasteiger partial charge in [0.1, 0.15) is 29.2 Å². The van der Waals surface area contributed by atoms with Crippen molar-refractivity contribution in [3.63, 3.8) is 0 Å². The van der Waals surface area contributed by atoms with E-state index in [4.69, 9.17) is 19.1 Å². The summed E-state index contributed by atoms with van der Waals surface area (Å²) in [6, 6.07) is 8.91.